The fraction of sp³-hybridized carbons (Fsp3) is 0.903. The van der Waals surface area contributed by atoms with E-state index in [1.807, 2.05) is 6.92 Å². The maximum absolute atomic E-state index is 12.2. The van der Waals surface area contributed by atoms with Gasteiger partial charge in [-0.05, 0) is 60.3 Å². The number of aliphatic hydroxyl groups is 1. The minimum atomic E-state index is -4.45. The Morgan fingerprint density at radius 3 is 2.16 bits per heavy atom. The largest absolute Gasteiger partial charge is 0.756 e. The third-order valence-electron chi connectivity index (χ3n) is 6.93. The van der Waals surface area contributed by atoms with Gasteiger partial charge >= 0.3 is 6.03 Å². The molecule has 0 bridgehead atoms. The normalized spacial score (nSPS) is 22.5. The Kier molecular flexibility index (Phi) is 20.8. The smallest absolute Gasteiger partial charge is 0.315 e. The van der Waals surface area contributed by atoms with E-state index in [2.05, 4.69) is 20.5 Å². The number of ether oxygens (including phenoxy) is 1. The summed E-state index contributed by atoms with van der Waals surface area (Å²) in [5.41, 5.74) is -1.69. The minimum absolute atomic E-state index is 0.0663. The highest BCUT2D eigenvalue weighted by molar-refractivity contribution is 8.00. The van der Waals surface area contributed by atoms with Crippen LogP contribution in [0.4, 0.5) is 4.79 Å². The molecule has 0 aliphatic carbocycles. The van der Waals surface area contributed by atoms with Gasteiger partial charge in [-0.15, -0.1) is 0 Å². The molecule has 16 nitrogen and oxygen atoms in total. The fourth-order valence-corrected chi connectivity index (χ4v) is 8.49. The number of carbonyl (C=O) groups excluding carboxylic acids is 3. The average Bonchev–Trinajstić information content (AvgIpc) is 3.51. The zero-order valence-corrected chi connectivity index (χ0v) is 33.3. The molecule has 0 aromatic rings. The second-order valence-corrected chi connectivity index (χ2v) is 18.3. The summed E-state index contributed by atoms with van der Waals surface area (Å²) in [7, 11) is -8.73. The van der Waals surface area contributed by atoms with Crippen molar-refractivity contribution in [2.45, 2.75) is 135 Å². The molecule has 2 aliphatic rings. The summed E-state index contributed by atoms with van der Waals surface area (Å²) in [4.78, 5) is 57.7. The molecule has 2 fully saturated rings. The summed E-state index contributed by atoms with van der Waals surface area (Å²) in [6, 6.07) is 0.0814. The van der Waals surface area contributed by atoms with E-state index in [0.717, 1.165) is 31.4 Å². The number of fused-ring (bicyclic) bond motifs is 1. The van der Waals surface area contributed by atoms with Crippen molar-refractivity contribution in [2.24, 2.45) is 5.92 Å². The molecule has 3 amide bonds. The number of thioether (sulfide) groups is 1. The lowest BCUT2D eigenvalue weighted by molar-refractivity contribution is -0.236. The van der Waals surface area contributed by atoms with Crippen LogP contribution in [0.3, 0.4) is 0 Å². The van der Waals surface area contributed by atoms with Gasteiger partial charge in [-0.25, -0.2) is 4.79 Å². The van der Waals surface area contributed by atoms with E-state index in [-0.39, 0.29) is 60.8 Å². The molecule has 0 saturated carbocycles. The second kappa shape index (κ2) is 22.2. The third kappa shape index (κ3) is 22.8. The SMILES string of the molecule is CC(CCCCCC(=O)CC1SCC2NC(=O)NC21)COP(=O)([O-])OC(C)(C)C.CCC(=O)NCCOCC(O)COP(=O)([O-])OC(C)(C)C. The molecule has 50 heavy (non-hydrogen) atoms. The highest BCUT2D eigenvalue weighted by Crippen LogP contribution is 2.44. The van der Waals surface area contributed by atoms with E-state index in [1.54, 1.807) is 60.2 Å². The number of unbranched alkanes of at least 4 members (excludes halogenated alkanes) is 2. The number of amides is 3. The van der Waals surface area contributed by atoms with Crippen LogP contribution in [0, 0.1) is 5.92 Å². The van der Waals surface area contributed by atoms with Crippen LogP contribution in [-0.4, -0.2) is 96.2 Å². The van der Waals surface area contributed by atoms with Crippen LogP contribution in [0.2, 0.25) is 0 Å². The molecule has 2 heterocycles. The number of phosphoric acid groups is 2. The average molecular weight is 776 g/mol. The van der Waals surface area contributed by atoms with Crippen LogP contribution in [0.1, 0.15) is 100 Å². The summed E-state index contributed by atoms with van der Waals surface area (Å²) in [6.07, 6.45) is 3.86. The first-order chi connectivity index (χ1) is 23.0. The minimum Gasteiger partial charge on any atom is -0.756 e. The van der Waals surface area contributed by atoms with Gasteiger partial charge < -0.3 is 53.7 Å². The molecule has 7 atom stereocenters. The fourth-order valence-electron chi connectivity index (χ4n) is 4.74. The molecule has 2 saturated heterocycles. The monoisotopic (exact) mass is 775 g/mol. The Balaban J connectivity index is 0.000000530. The summed E-state index contributed by atoms with van der Waals surface area (Å²) < 4.78 is 47.4. The Morgan fingerprint density at radius 1 is 0.980 bits per heavy atom. The Labute approximate surface area is 301 Å². The molecule has 7 unspecified atom stereocenters. The molecule has 0 spiro atoms. The van der Waals surface area contributed by atoms with Crippen molar-refractivity contribution in [1.29, 1.82) is 0 Å². The lowest BCUT2D eigenvalue weighted by Gasteiger charge is -2.31. The molecular formula is C31H59N3O13P2S-2. The lowest BCUT2D eigenvalue weighted by atomic mass is 9.99. The van der Waals surface area contributed by atoms with Gasteiger partial charge in [-0.2, -0.15) is 11.8 Å². The number of urea groups is 1. The number of Topliss-reactive ketones (excluding diaryl/α,β-unsaturated/α-hetero) is 1. The Bertz CT molecular complexity index is 1150. The van der Waals surface area contributed by atoms with E-state index < -0.39 is 39.6 Å². The van der Waals surface area contributed by atoms with Crippen LogP contribution >= 0.6 is 27.4 Å². The van der Waals surface area contributed by atoms with Crippen molar-refractivity contribution in [1.82, 2.24) is 16.0 Å². The maximum atomic E-state index is 12.2. The molecule has 19 heteroatoms. The number of phosphoric ester groups is 2. The van der Waals surface area contributed by atoms with Crippen molar-refractivity contribution in [3.8, 4) is 0 Å². The number of nitrogens with one attached hydrogen (secondary N) is 3. The van der Waals surface area contributed by atoms with Crippen molar-refractivity contribution in [2.75, 3.05) is 38.7 Å². The molecule has 294 valence electrons. The van der Waals surface area contributed by atoms with E-state index >= 15 is 0 Å². The van der Waals surface area contributed by atoms with Gasteiger partial charge in [0.25, 0.3) is 15.6 Å². The van der Waals surface area contributed by atoms with Gasteiger partial charge in [0.1, 0.15) is 11.9 Å². The van der Waals surface area contributed by atoms with Crippen LogP contribution in [-0.2, 0) is 41.6 Å². The van der Waals surface area contributed by atoms with Crippen LogP contribution in [0.25, 0.3) is 0 Å². The van der Waals surface area contributed by atoms with Crippen LogP contribution in [0.5, 0.6) is 0 Å². The van der Waals surface area contributed by atoms with Gasteiger partial charge in [0, 0.05) is 36.8 Å². The predicted molar refractivity (Wildman–Crippen MR) is 186 cm³/mol. The first kappa shape index (κ1) is 46.9. The van der Waals surface area contributed by atoms with Gasteiger partial charge in [-0.3, -0.25) is 18.7 Å². The van der Waals surface area contributed by atoms with Crippen molar-refractivity contribution < 1.29 is 61.2 Å². The zero-order valence-electron chi connectivity index (χ0n) is 30.7. The van der Waals surface area contributed by atoms with Gasteiger partial charge in [0.2, 0.25) is 5.91 Å². The third-order valence-corrected chi connectivity index (χ3v) is 10.8. The van der Waals surface area contributed by atoms with Gasteiger partial charge in [0.15, 0.2) is 0 Å². The summed E-state index contributed by atoms with van der Waals surface area (Å²) >= 11 is 1.75. The lowest BCUT2D eigenvalue weighted by Crippen LogP contribution is -2.37. The molecule has 2 aliphatic heterocycles. The van der Waals surface area contributed by atoms with Gasteiger partial charge in [-0.1, -0.05) is 26.7 Å². The summed E-state index contributed by atoms with van der Waals surface area (Å²) in [5.74, 6) is 1.11. The molecular weight excluding hydrogens is 716 g/mol. The maximum Gasteiger partial charge on any atom is 0.315 e. The van der Waals surface area contributed by atoms with Crippen LogP contribution < -0.4 is 25.7 Å². The number of rotatable bonds is 22. The van der Waals surface area contributed by atoms with E-state index in [4.69, 9.17) is 18.3 Å². The first-order valence-corrected chi connectivity index (χ1v) is 21.0. The molecule has 2 rings (SSSR count). The second-order valence-electron chi connectivity index (χ2n) is 14.4. The van der Waals surface area contributed by atoms with Crippen molar-refractivity contribution in [3.05, 3.63) is 0 Å². The number of hydrogen-bond acceptors (Lipinski definition) is 14. The van der Waals surface area contributed by atoms with E-state index in [0.29, 0.717) is 25.8 Å². The van der Waals surface area contributed by atoms with Gasteiger partial charge in [0.05, 0.1) is 49.7 Å². The van der Waals surface area contributed by atoms with E-state index in [9.17, 15) is 38.4 Å². The predicted octanol–water partition coefficient (Wildman–Crippen LogP) is 3.19. The number of hydrogen-bond donors (Lipinski definition) is 4. The van der Waals surface area contributed by atoms with E-state index in [1.165, 1.54) is 0 Å². The molecule has 0 radical (unpaired) electrons. The number of ketones is 1. The molecule has 0 aromatic heterocycles. The highest BCUT2D eigenvalue weighted by atomic mass is 32.2. The Hall–Kier alpha value is -1.10. The highest BCUT2D eigenvalue weighted by Gasteiger charge is 2.43. The topological polar surface area (TPSA) is 234 Å². The summed E-state index contributed by atoms with van der Waals surface area (Å²) in [5, 5.41) is 18.1. The number of aliphatic hydroxyl groups excluding tert-OH is 1. The van der Waals surface area contributed by atoms with Crippen LogP contribution in [0.15, 0.2) is 0 Å². The molecule has 0 aromatic carbocycles. The Morgan fingerprint density at radius 2 is 1.58 bits per heavy atom. The zero-order chi connectivity index (χ0) is 38.2. The van der Waals surface area contributed by atoms with Crippen molar-refractivity contribution >= 4 is 45.1 Å². The molecule has 4 N–H and O–H groups in total. The summed E-state index contributed by atoms with van der Waals surface area (Å²) in [6.45, 7) is 13.5. The quantitative estimate of drug-likeness (QED) is 0.0703. The standard InChI is InChI=1S/C19H35N2O6PS.C12H26NO7P/c1-13(11-26-28(24,25)27-19(2,3)4)8-6-5-7-9-14(22)10-16-17-15(12-29-16)20-18(23)21-17;1-5-11(15)13-6-7-18-8-10(14)9-19-21(16,17)20-12(2,3)4/h13,15-17H,5-12H2,1-4H3,(H,24,25)(H2,20,21,23);10,14H,5-9H2,1-4H3,(H,13,15)(H,16,17)/p-2. The number of carbonyl (C=O) groups is 3. The van der Waals surface area contributed by atoms with Crippen molar-refractivity contribution in [3.63, 3.8) is 0 Å². The first-order valence-electron chi connectivity index (χ1n) is 17.1.